The third kappa shape index (κ3) is 4.37. The van der Waals surface area contributed by atoms with Gasteiger partial charge in [0.2, 0.25) is 10.0 Å². The minimum atomic E-state index is -3.51. The van der Waals surface area contributed by atoms with Crippen molar-refractivity contribution in [2.75, 3.05) is 11.0 Å². The highest BCUT2D eigenvalue weighted by Gasteiger charge is 2.24. The first kappa shape index (κ1) is 18.7. The molecule has 0 fully saturated rings. The molecule has 5 nitrogen and oxygen atoms in total. The molecule has 1 amide bonds. The molecule has 26 heavy (non-hydrogen) atoms. The van der Waals surface area contributed by atoms with Crippen LogP contribution in [0.25, 0.3) is 0 Å². The highest BCUT2D eigenvalue weighted by atomic mass is 35.5. The number of hydrogen-bond donors (Lipinski definition) is 2. The predicted molar refractivity (Wildman–Crippen MR) is 104 cm³/mol. The van der Waals surface area contributed by atoms with E-state index < -0.39 is 10.0 Å². The molecule has 2 N–H and O–H groups in total. The standard InChI is InChI=1S/C19H21ClN2O3S/c1-12-6-7-13-4-3-5-17(15(13)10-12)21-19(23)16-11-14(20)8-9-18(16)22-26(2,24)25/h6-11,17,22H,3-5H2,1-2H3,(H,21,23)/t17-/m1/s1. The summed E-state index contributed by atoms with van der Waals surface area (Å²) >= 11 is 6.02. The molecule has 2 aromatic rings. The van der Waals surface area contributed by atoms with Crippen LogP contribution in [0, 0.1) is 6.92 Å². The highest BCUT2D eigenvalue weighted by molar-refractivity contribution is 7.92. The third-order valence-corrected chi connectivity index (χ3v) is 5.27. The van der Waals surface area contributed by atoms with E-state index in [1.54, 1.807) is 6.07 Å². The van der Waals surface area contributed by atoms with E-state index in [2.05, 4.69) is 28.2 Å². The molecule has 0 saturated carbocycles. The van der Waals surface area contributed by atoms with E-state index in [1.807, 2.05) is 6.92 Å². The maximum Gasteiger partial charge on any atom is 0.253 e. The van der Waals surface area contributed by atoms with Crippen LogP contribution in [0.15, 0.2) is 36.4 Å². The molecular weight excluding hydrogens is 372 g/mol. The summed E-state index contributed by atoms with van der Waals surface area (Å²) in [5.41, 5.74) is 3.95. The van der Waals surface area contributed by atoms with Crippen LogP contribution in [0.4, 0.5) is 5.69 Å². The molecule has 0 spiro atoms. The minimum Gasteiger partial charge on any atom is -0.345 e. The zero-order valence-electron chi connectivity index (χ0n) is 14.7. The molecule has 0 aromatic heterocycles. The van der Waals surface area contributed by atoms with Crippen molar-refractivity contribution in [1.29, 1.82) is 0 Å². The van der Waals surface area contributed by atoms with Crippen molar-refractivity contribution in [1.82, 2.24) is 5.32 Å². The van der Waals surface area contributed by atoms with Gasteiger partial charge in [0.15, 0.2) is 0 Å². The van der Waals surface area contributed by atoms with Gasteiger partial charge in [0.25, 0.3) is 5.91 Å². The monoisotopic (exact) mass is 392 g/mol. The molecular formula is C19H21ClN2O3S. The van der Waals surface area contributed by atoms with Crippen LogP contribution in [-0.2, 0) is 16.4 Å². The van der Waals surface area contributed by atoms with Crippen LogP contribution < -0.4 is 10.0 Å². The van der Waals surface area contributed by atoms with Gasteiger partial charge in [0.1, 0.15) is 0 Å². The van der Waals surface area contributed by atoms with E-state index in [4.69, 9.17) is 11.6 Å². The summed E-state index contributed by atoms with van der Waals surface area (Å²) in [4.78, 5) is 12.9. The quantitative estimate of drug-likeness (QED) is 0.830. The summed E-state index contributed by atoms with van der Waals surface area (Å²) in [5, 5.41) is 3.41. The Balaban J connectivity index is 1.90. The molecule has 2 aromatic carbocycles. The van der Waals surface area contributed by atoms with Gasteiger partial charge < -0.3 is 5.32 Å². The van der Waals surface area contributed by atoms with Crippen LogP contribution in [0.2, 0.25) is 5.02 Å². The lowest BCUT2D eigenvalue weighted by molar-refractivity contribution is 0.0933. The first-order valence-corrected chi connectivity index (χ1v) is 10.7. The summed E-state index contributed by atoms with van der Waals surface area (Å²) in [5.74, 6) is -0.349. The summed E-state index contributed by atoms with van der Waals surface area (Å²) in [7, 11) is -3.51. The van der Waals surface area contributed by atoms with Crippen molar-refractivity contribution in [3.63, 3.8) is 0 Å². The molecule has 138 valence electrons. The minimum absolute atomic E-state index is 0.101. The van der Waals surface area contributed by atoms with Crippen molar-refractivity contribution >= 4 is 33.2 Å². The maximum absolute atomic E-state index is 12.9. The van der Waals surface area contributed by atoms with Crippen LogP contribution in [0.3, 0.4) is 0 Å². The second-order valence-electron chi connectivity index (χ2n) is 6.68. The zero-order valence-corrected chi connectivity index (χ0v) is 16.2. The molecule has 0 heterocycles. The second kappa shape index (κ2) is 7.29. The average molecular weight is 393 g/mol. The van der Waals surface area contributed by atoms with Crippen LogP contribution in [0.5, 0.6) is 0 Å². The van der Waals surface area contributed by atoms with Crippen LogP contribution >= 0.6 is 11.6 Å². The summed E-state index contributed by atoms with van der Waals surface area (Å²) in [6, 6.07) is 10.7. The fraction of sp³-hybridized carbons (Fsp3) is 0.316. The number of carbonyl (C=O) groups is 1. The summed E-state index contributed by atoms with van der Waals surface area (Å²) < 4.78 is 25.5. The Hall–Kier alpha value is -2.05. The number of amides is 1. The van der Waals surface area contributed by atoms with Gasteiger partial charge in [-0.3, -0.25) is 9.52 Å². The number of benzene rings is 2. The van der Waals surface area contributed by atoms with E-state index in [1.165, 1.54) is 17.7 Å². The normalized spacial score (nSPS) is 16.7. The predicted octanol–water partition coefficient (Wildman–Crippen LogP) is 3.83. The van der Waals surface area contributed by atoms with Gasteiger partial charge in [0.05, 0.1) is 23.5 Å². The van der Waals surface area contributed by atoms with Crippen LogP contribution in [-0.4, -0.2) is 20.6 Å². The maximum atomic E-state index is 12.9. The smallest absolute Gasteiger partial charge is 0.253 e. The van der Waals surface area contributed by atoms with Gasteiger partial charge in [-0.2, -0.15) is 0 Å². The summed E-state index contributed by atoms with van der Waals surface area (Å²) in [6.45, 7) is 2.03. The Bertz CT molecular complexity index is 957. The Kier molecular flexibility index (Phi) is 5.25. The van der Waals surface area contributed by atoms with E-state index in [-0.39, 0.29) is 23.2 Å². The molecule has 0 aliphatic heterocycles. The fourth-order valence-corrected chi connectivity index (χ4v) is 4.05. The van der Waals surface area contributed by atoms with Crippen molar-refractivity contribution in [2.24, 2.45) is 0 Å². The third-order valence-electron chi connectivity index (χ3n) is 4.44. The number of hydrogen-bond acceptors (Lipinski definition) is 3. The van der Waals surface area contributed by atoms with E-state index in [0.717, 1.165) is 36.6 Å². The number of carbonyl (C=O) groups excluding carboxylic acids is 1. The van der Waals surface area contributed by atoms with E-state index >= 15 is 0 Å². The topological polar surface area (TPSA) is 75.3 Å². The molecule has 1 atom stereocenters. The first-order chi connectivity index (χ1) is 12.2. The number of anilines is 1. The molecule has 0 bridgehead atoms. The Morgan fingerprint density at radius 3 is 2.69 bits per heavy atom. The average Bonchev–Trinajstić information content (AvgIpc) is 2.56. The number of halogens is 1. The van der Waals surface area contributed by atoms with Gasteiger partial charge in [-0.1, -0.05) is 35.4 Å². The van der Waals surface area contributed by atoms with Gasteiger partial charge in [-0.25, -0.2) is 8.42 Å². The fourth-order valence-electron chi connectivity index (χ4n) is 3.30. The molecule has 1 aliphatic carbocycles. The molecule has 1 aliphatic rings. The lowest BCUT2D eigenvalue weighted by Gasteiger charge is -2.27. The number of nitrogens with one attached hydrogen (secondary N) is 2. The number of aryl methyl sites for hydroxylation is 2. The number of sulfonamides is 1. The van der Waals surface area contributed by atoms with Crippen molar-refractivity contribution in [3.05, 3.63) is 63.7 Å². The van der Waals surface area contributed by atoms with Gasteiger partial charge in [-0.15, -0.1) is 0 Å². The lowest BCUT2D eigenvalue weighted by atomic mass is 9.86. The Morgan fingerprint density at radius 1 is 1.19 bits per heavy atom. The van der Waals surface area contributed by atoms with Crippen LogP contribution in [0.1, 0.15) is 45.9 Å². The zero-order chi connectivity index (χ0) is 18.9. The SMILES string of the molecule is Cc1ccc2c(c1)[C@H](NC(=O)c1cc(Cl)ccc1NS(C)(=O)=O)CCC2. The lowest BCUT2D eigenvalue weighted by Crippen LogP contribution is -2.31. The van der Waals surface area contributed by atoms with Crippen molar-refractivity contribution in [2.45, 2.75) is 32.2 Å². The molecule has 3 rings (SSSR count). The largest absolute Gasteiger partial charge is 0.345 e. The Labute approximate surface area is 158 Å². The van der Waals surface area contributed by atoms with Gasteiger partial charge in [0, 0.05) is 5.02 Å². The molecule has 0 saturated heterocycles. The Morgan fingerprint density at radius 2 is 1.96 bits per heavy atom. The van der Waals surface area contributed by atoms with E-state index in [9.17, 15) is 13.2 Å². The highest BCUT2D eigenvalue weighted by Crippen LogP contribution is 2.31. The first-order valence-electron chi connectivity index (χ1n) is 8.40. The second-order valence-corrected chi connectivity index (χ2v) is 8.87. The van der Waals surface area contributed by atoms with Crippen molar-refractivity contribution in [3.8, 4) is 0 Å². The molecule has 7 heteroatoms. The van der Waals surface area contributed by atoms with E-state index in [0.29, 0.717) is 5.02 Å². The number of rotatable bonds is 4. The van der Waals surface area contributed by atoms with Crippen molar-refractivity contribution < 1.29 is 13.2 Å². The summed E-state index contributed by atoms with van der Waals surface area (Å²) in [6.07, 6.45) is 3.88. The molecule has 0 radical (unpaired) electrons. The van der Waals surface area contributed by atoms with Gasteiger partial charge in [-0.05, 0) is 55.5 Å². The molecule has 0 unspecified atom stereocenters. The number of fused-ring (bicyclic) bond motifs is 1. The van der Waals surface area contributed by atoms with Gasteiger partial charge >= 0.3 is 0 Å².